The van der Waals surface area contributed by atoms with Crippen LogP contribution in [0.5, 0.6) is 0 Å². The van der Waals surface area contributed by atoms with Crippen LogP contribution in [0, 0.1) is 24.6 Å². The van der Waals surface area contributed by atoms with Crippen LogP contribution in [0.3, 0.4) is 0 Å². The van der Waals surface area contributed by atoms with Crippen molar-refractivity contribution in [1.82, 2.24) is 9.55 Å². The lowest BCUT2D eigenvalue weighted by Gasteiger charge is -2.45. The van der Waals surface area contributed by atoms with Gasteiger partial charge in [-0.05, 0) is 104 Å². The molecule has 2 N–H and O–H groups in total. The van der Waals surface area contributed by atoms with Gasteiger partial charge in [-0.15, -0.1) is 0 Å². The van der Waals surface area contributed by atoms with E-state index < -0.39 is 11.0 Å². The Morgan fingerprint density at radius 2 is 1.78 bits per heavy atom. The summed E-state index contributed by atoms with van der Waals surface area (Å²) < 4.78 is 23.5. The number of carbonyl (C=O) groups is 1. The molecule has 0 atom stereocenters. The molecule has 3 saturated carbocycles. The van der Waals surface area contributed by atoms with Crippen LogP contribution >= 0.6 is 15.9 Å². The van der Waals surface area contributed by atoms with E-state index in [4.69, 9.17) is 15.5 Å². The highest BCUT2D eigenvalue weighted by Gasteiger charge is 2.51. The first kappa shape index (κ1) is 22.1. The zero-order valence-corrected chi connectivity index (χ0v) is 20.2. The van der Waals surface area contributed by atoms with Gasteiger partial charge in [0.15, 0.2) is 0 Å². The summed E-state index contributed by atoms with van der Waals surface area (Å²) in [4.78, 5) is 17.7. The number of nitrogens with two attached hydrogens (primary N) is 1. The molecule has 0 bridgehead atoms. The van der Waals surface area contributed by atoms with Crippen molar-refractivity contribution in [2.75, 3.05) is 6.61 Å². The third-order valence-corrected chi connectivity index (χ3v) is 8.53. The number of amides is 1. The molecule has 0 spiro atoms. The Labute approximate surface area is 197 Å². The fourth-order valence-corrected chi connectivity index (χ4v) is 5.54. The summed E-state index contributed by atoms with van der Waals surface area (Å²) in [7, 11) is 0. The second-order valence-electron chi connectivity index (χ2n) is 10.1. The second kappa shape index (κ2) is 8.24. The highest BCUT2D eigenvalue weighted by Crippen LogP contribution is 2.50. The molecule has 0 radical (unpaired) electrons. The summed E-state index contributed by atoms with van der Waals surface area (Å²) in [5.41, 5.74) is 6.55. The minimum Gasteiger partial charge on any atom is -0.369 e. The van der Waals surface area contributed by atoms with Gasteiger partial charge in [0.25, 0.3) is 0 Å². The normalized spacial score (nSPS) is 28.1. The van der Waals surface area contributed by atoms with Crippen LogP contribution in [0.15, 0.2) is 28.9 Å². The number of carbonyl (C=O) groups excluding carboxylic acids is 1. The second-order valence-corrected chi connectivity index (χ2v) is 10.8. The number of benzene rings is 1. The lowest BCUT2D eigenvalue weighted by Crippen LogP contribution is -2.49. The molecule has 0 aliphatic heterocycles. The van der Waals surface area contributed by atoms with Gasteiger partial charge in [0.2, 0.25) is 5.91 Å². The van der Waals surface area contributed by atoms with E-state index in [1.165, 1.54) is 37.8 Å². The Balaban J connectivity index is 1.49. The molecule has 32 heavy (non-hydrogen) atoms. The third-order valence-electron chi connectivity index (χ3n) is 7.78. The van der Waals surface area contributed by atoms with E-state index >= 15 is 0 Å². The van der Waals surface area contributed by atoms with Gasteiger partial charge >= 0.3 is 0 Å². The molecule has 1 amide bonds. The van der Waals surface area contributed by atoms with Gasteiger partial charge in [0.05, 0.1) is 12.0 Å². The van der Waals surface area contributed by atoms with Crippen molar-refractivity contribution in [3.63, 3.8) is 0 Å². The van der Waals surface area contributed by atoms with E-state index in [0.717, 1.165) is 34.8 Å². The standard InChI is InChI=1S/C25H31BrFN3O2/c1-16-21(26)29-23(30(16)14-17-2-3-17)25(32-15-18-4-5-18)12-10-24(11-13-25,22(28)31)19-6-8-20(27)9-7-19/h6-9,17-18H,2-5,10-15H2,1H3,(H2,28,31). The summed E-state index contributed by atoms with van der Waals surface area (Å²) in [6.07, 6.45) is 7.41. The maximum absolute atomic E-state index is 13.5. The van der Waals surface area contributed by atoms with E-state index in [-0.39, 0.29) is 11.7 Å². The number of ether oxygens (including phenoxy) is 1. The maximum Gasteiger partial charge on any atom is 0.228 e. The molecular weight excluding hydrogens is 473 g/mol. The third kappa shape index (κ3) is 4.03. The van der Waals surface area contributed by atoms with Gasteiger partial charge in [0, 0.05) is 12.2 Å². The van der Waals surface area contributed by atoms with Crippen molar-refractivity contribution in [2.45, 2.75) is 75.9 Å². The van der Waals surface area contributed by atoms with E-state index in [9.17, 15) is 9.18 Å². The van der Waals surface area contributed by atoms with Crippen LogP contribution in [-0.2, 0) is 27.1 Å². The van der Waals surface area contributed by atoms with Crippen molar-refractivity contribution in [1.29, 1.82) is 0 Å². The first-order valence-corrected chi connectivity index (χ1v) is 12.6. The van der Waals surface area contributed by atoms with Gasteiger partial charge in [-0.1, -0.05) is 12.1 Å². The minimum absolute atomic E-state index is 0.311. The number of halogens is 2. The zero-order chi connectivity index (χ0) is 22.5. The van der Waals surface area contributed by atoms with Crippen molar-refractivity contribution < 1.29 is 13.9 Å². The Kier molecular flexibility index (Phi) is 5.69. The Morgan fingerprint density at radius 1 is 1.16 bits per heavy atom. The summed E-state index contributed by atoms with van der Waals surface area (Å²) in [5.74, 6) is 1.66. The minimum atomic E-state index is -0.805. The number of hydrogen-bond acceptors (Lipinski definition) is 3. The molecule has 3 aliphatic rings. The van der Waals surface area contributed by atoms with Gasteiger partial charge in [0.1, 0.15) is 21.8 Å². The largest absolute Gasteiger partial charge is 0.369 e. The fraction of sp³-hybridized carbons (Fsp3) is 0.600. The van der Waals surface area contributed by atoms with Crippen LogP contribution < -0.4 is 5.73 Å². The average Bonchev–Trinajstić information content (AvgIpc) is 3.70. The van der Waals surface area contributed by atoms with Crippen LogP contribution in [0.25, 0.3) is 0 Å². The van der Waals surface area contributed by atoms with Gasteiger partial charge < -0.3 is 15.0 Å². The van der Waals surface area contributed by atoms with Gasteiger partial charge in [-0.25, -0.2) is 9.37 Å². The Hall–Kier alpha value is -1.73. The number of rotatable bonds is 8. The van der Waals surface area contributed by atoms with Crippen molar-refractivity contribution in [3.8, 4) is 0 Å². The Bertz CT molecular complexity index is 1000. The van der Waals surface area contributed by atoms with Gasteiger partial charge in [-0.2, -0.15) is 0 Å². The Morgan fingerprint density at radius 3 is 2.34 bits per heavy atom. The number of aromatic nitrogens is 2. The SMILES string of the molecule is Cc1c(Br)nc(C2(OCC3CC3)CCC(C(N)=O)(c3ccc(F)cc3)CC2)n1CC1CC1. The van der Waals surface area contributed by atoms with E-state index in [0.29, 0.717) is 37.5 Å². The smallest absolute Gasteiger partial charge is 0.228 e. The quantitative estimate of drug-likeness (QED) is 0.543. The van der Waals surface area contributed by atoms with Crippen molar-refractivity contribution in [3.05, 3.63) is 51.8 Å². The number of nitrogens with zero attached hydrogens (tertiary/aromatic N) is 2. The van der Waals surface area contributed by atoms with Crippen LogP contribution in [0.2, 0.25) is 0 Å². The number of primary amides is 1. The van der Waals surface area contributed by atoms with Crippen LogP contribution in [-0.4, -0.2) is 22.1 Å². The summed E-state index contributed by atoms with van der Waals surface area (Å²) in [6, 6.07) is 6.22. The predicted octanol–water partition coefficient (Wildman–Crippen LogP) is 5.12. The van der Waals surface area contributed by atoms with Crippen LogP contribution in [0.1, 0.15) is 68.4 Å². The molecule has 172 valence electrons. The van der Waals surface area contributed by atoms with E-state index in [1.807, 2.05) is 0 Å². The molecule has 5 rings (SSSR count). The molecule has 1 aromatic carbocycles. The molecule has 1 aromatic heterocycles. The van der Waals surface area contributed by atoms with E-state index in [1.54, 1.807) is 12.1 Å². The topological polar surface area (TPSA) is 70.1 Å². The number of hydrogen-bond donors (Lipinski definition) is 1. The molecule has 0 saturated heterocycles. The predicted molar refractivity (Wildman–Crippen MR) is 123 cm³/mol. The monoisotopic (exact) mass is 503 g/mol. The highest BCUT2D eigenvalue weighted by molar-refractivity contribution is 9.10. The summed E-state index contributed by atoms with van der Waals surface area (Å²) >= 11 is 3.65. The molecular formula is C25H31BrFN3O2. The molecule has 3 aliphatic carbocycles. The van der Waals surface area contributed by atoms with Crippen LogP contribution in [0.4, 0.5) is 4.39 Å². The number of imidazole rings is 1. The highest BCUT2D eigenvalue weighted by atomic mass is 79.9. The zero-order valence-electron chi connectivity index (χ0n) is 18.6. The fourth-order valence-electron chi connectivity index (χ4n) is 5.16. The first-order chi connectivity index (χ1) is 15.3. The lowest BCUT2D eigenvalue weighted by atomic mass is 9.64. The van der Waals surface area contributed by atoms with E-state index in [2.05, 4.69) is 27.4 Å². The van der Waals surface area contributed by atoms with Gasteiger partial charge in [-0.3, -0.25) is 4.79 Å². The first-order valence-electron chi connectivity index (χ1n) is 11.8. The van der Waals surface area contributed by atoms with Crippen molar-refractivity contribution in [2.24, 2.45) is 17.6 Å². The van der Waals surface area contributed by atoms with Crippen molar-refractivity contribution >= 4 is 21.8 Å². The maximum atomic E-state index is 13.5. The molecule has 2 aromatic rings. The molecule has 7 heteroatoms. The lowest BCUT2D eigenvalue weighted by molar-refractivity contribution is -0.133. The summed E-state index contributed by atoms with van der Waals surface area (Å²) in [6.45, 7) is 3.80. The molecule has 0 unspecified atom stereocenters. The molecule has 3 fully saturated rings. The molecule has 1 heterocycles. The average molecular weight is 504 g/mol. The molecule has 5 nitrogen and oxygen atoms in total. The summed E-state index contributed by atoms with van der Waals surface area (Å²) in [5, 5.41) is 0.